The van der Waals surface area contributed by atoms with E-state index in [0.29, 0.717) is 16.4 Å². The predicted octanol–water partition coefficient (Wildman–Crippen LogP) is 4.07. The Balaban J connectivity index is 1.91. The van der Waals surface area contributed by atoms with Crippen LogP contribution >= 0.6 is 11.3 Å². The lowest BCUT2D eigenvalue weighted by Crippen LogP contribution is -2.24. The molecule has 3 rings (SSSR count). The number of hydrogen-bond acceptors (Lipinski definition) is 4. The van der Waals surface area contributed by atoms with Gasteiger partial charge in [-0.2, -0.15) is 0 Å². The van der Waals surface area contributed by atoms with Crippen LogP contribution in [0.2, 0.25) is 0 Å². The number of carbonyl (C=O) groups excluding carboxylic acids is 1. The fourth-order valence-electron chi connectivity index (χ4n) is 2.24. The first-order valence-electron chi connectivity index (χ1n) is 6.10. The van der Waals surface area contributed by atoms with Crippen molar-refractivity contribution in [2.24, 2.45) is 0 Å². The van der Waals surface area contributed by atoms with Crippen molar-refractivity contribution in [3.63, 3.8) is 0 Å². The lowest BCUT2D eigenvalue weighted by atomic mass is 10.0. The molecule has 4 heteroatoms. The molecular weight excluding hydrogens is 260 g/mol. The van der Waals surface area contributed by atoms with Crippen LogP contribution in [0.15, 0.2) is 29.6 Å². The summed E-state index contributed by atoms with van der Waals surface area (Å²) in [6.45, 7) is 4.12. The number of para-hydroxylation sites is 1. The third-order valence-corrected chi connectivity index (χ3v) is 3.83. The van der Waals surface area contributed by atoms with Crippen LogP contribution in [0.25, 0.3) is 0 Å². The van der Waals surface area contributed by atoms with Crippen molar-refractivity contribution in [2.45, 2.75) is 25.9 Å². The molecule has 0 radical (unpaired) electrons. The van der Waals surface area contributed by atoms with Gasteiger partial charge in [-0.15, -0.1) is 11.3 Å². The minimum Gasteiger partial charge on any atom is -0.483 e. The molecule has 0 N–H and O–H groups in total. The summed E-state index contributed by atoms with van der Waals surface area (Å²) in [7, 11) is 0. The fraction of sp³-hybridized carbons (Fsp3) is 0.267. The first-order chi connectivity index (χ1) is 9.07. The minimum atomic E-state index is -0.190. The van der Waals surface area contributed by atoms with Crippen LogP contribution in [0.1, 0.15) is 29.1 Å². The van der Waals surface area contributed by atoms with Gasteiger partial charge in [0.25, 0.3) is 0 Å². The highest BCUT2D eigenvalue weighted by Gasteiger charge is 2.32. The second kappa shape index (κ2) is 4.38. The summed E-state index contributed by atoms with van der Waals surface area (Å²) in [5, 5.41) is 1.82. The number of fused-ring (bicyclic) bond motifs is 1. The molecule has 1 aliphatic rings. The van der Waals surface area contributed by atoms with Gasteiger partial charge in [0.1, 0.15) is 11.4 Å². The minimum absolute atomic E-state index is 0.190. The summed E-state index contributed by atoms with van der Waals surface area (Å²) in [5.74, 6) is 2.19. The molecule has 2 heterocycles. The van der Waals surface area contributed by atoms with Gasteiger partial charge in [0.2, 0.25) is 0 Å². The molecule has 0 atom stereocenters. The number of carbonyl (C=O) groups is 1. The van der Waals surface area contributed by atoms with Crippen molar-refractivity contribution in [3.8, 4) is 17.2 Å². The normalized spacial score (nSPS) is 15.7. The van der Waals surface area contributed by atoms with E-state index < -0.39 is 0 Å². The summed E-state index contributed by atoms with van der Waals surface area (Å²) >= 11 is 1.37. The Kier molecular flexibility index (Phi) is 2.82. The Bertz CT molecular complexity index is 628. The van der Waals surface area contributed by atoms with E-state index in [2.05, 4.69) is 19.9 Å². The number of benzene rings is 1. The van der Waals surface area contributed by atoms with Crippen LogP contribution in [-0.2, 0) is 6.42 Å². The van der Waals surface area contributed by atoms with Crippen molar-refractivity contribution >= 4 is 17.6 Å². The molecule has 0 fully saturated rings. The van der Waals surface area contributed by atoms with E-state index in [0.717, 1.165) is 24.0 Å². The zero-order valence-electron chi connectivity index (χ0n) is 10.8. The van der Waals surface area contributed by atoms with Crippen LogP contribution in [0, 0.1) is 0 Å². The second-order valence-electron chi connectivity index (χ2n) is 5.19. The number of hydrogen-bond donors (Lipinski definition) is 0. The molecule has 98 valence electrons. The van der Waals surface area contributed by atoms with E-state index in [1.807, 2.05) is 17.5 Å². The Hall–Kier alpha value is -1.81. The molecule has 1 aliphatic heterocycles. The van der Waals surface area contributed by atoms with Crippen LogP contribution in [0.4, 0.5) is 0 Å². The Labute approximate surface area is 115 Å². The smallest absolute Gasteiger partial charge is 0.169 e. The number of rotatable bonds is 3. The van der Waals surface area contributed by atoms with Crippen molar-refractivity contribution in [1.29, 1.82) is 0 Å². The molecule has 0 unspecified atom stereocenters. The molecule has 2 aromatic rings. The van der Waals surface area contributed by atoms with E-state index >= 15 is 0 Å². The van der Waals surface area contributed by atoms with E-state index in [-0.39, 0.29) is 5.60 Å². The zero-order valence-corrected chi connectivity index (χ0v) is 11.6. The highest BCUT2D eigenvalue weighted by molar-refractivity contribution is 7.11. The quantitative estimate of drug-likeness (QED) is 0.792. The first-order valence-corrected chi connectivity index (χ1v) is 6.98. The van der Waals surface area contributed by atoms with E-state index in [1.165, 1.54) is 11.3 Å². The van der Waals surface area contributed by atoms with Gasteiger partial charge in [-0.05, 0) is 19.9 Å². The first kappa shape index (κ1) is 12.2. The number of thiophene rings is 1. The third-order valence-electron chi connectivity index (χ3n) is 2.99. The average Bonchev–Trinajstić information content (AvgIpc) is 2.92. The summed E-state index contributed by atoms with van der Waals surface area (Å²) in [5.41, 5.74) is 0.970. The third kappa shape index (κ3) is 2.36. The van der Waals surface area contributed by atoms with Crippen molar-refractivity contribution in [2.75, 3.05) is 0 Å². The Morgan fingerprint density at radius 3 is 3.00 bits per heavy atom. The average molecular weight is 274 g/mol. The van der Waals surface area contributed by atoms with Crippen LogP contribution in [0.5, 0.6) is 17.2 Å². The molecule has 1 aromatic carbocycles. The molecule has 0 amide bonds. The summed E-state index contributed by atoms with van der Waals surface area (Å²) in [6.07, 6.45) is 1.70. The maximum absolute atomic E-state index is 10.7. The van der Waals surface area contributed by atoms with Crippen LogP contribution < -0.4 is 9.47 Å². The van der Waals surface area contributed by atoms with Gasteiger partial charge in [-0.3, -0.25) is 4.79 Å². The number of aldehydes is 1. The fourth-order valence-corrected chi connectivity index (χ4v) is 2.85. The van der Waals surface area contributed by atoms with Crippen molar-refractivity contribution in [3.05, 3.63) is 40.1 Å². The topological polar surface area (TPSA) is 35.5 Å². The molecule has 0 saturated carbocycles. The molecular formula is C15H14O3S. The molecule has 19 heavy (non-hydrogen) atoms. The second-order valence-corrected chi connectivity index (χ2v) is 6.13. The van der Waals surface area contributed by atoms with Gasteiger partial charge >= 0.3 is 0 Å². The lowest BCUT2D eigenvalue weighted by Gasteiger charge is -2.18. The summed E-state index contributed by atoms with van der Waals surface area (Å²) in [6, 6.07) is 7.64. The predicted molar refractivity (Wildman–Crippen MR) is 74.6 cm³/mol. The van der Waals surface area contributed by atoms with E-state index in [4.69, 9.17) is 9.47 Å². The van der Waals surface area contributed by atoms with Gasteiger partial charge in [0.15, 0.2) is 17.8 Å². The molecule has 0 saturated heterocycles. The van der Waals surface area contributed by atoms with Gasteiger partial charge in [-0.1, -0.05) is 12.1 Å². The van der Waals surface area contributed by atoms with Crippen LogP contribution in [-0.4, -0.2) is 11.9 Å². The maximum Gasteiger partial charge on any atom is 0.169 e. The SMILES string of the molecule is CC1(C)Cc2cccc(Oc3csc(C=O)c3)c2O1. The maximum atomic E-state index is 10.7. The van der Waals surface area contributed by atoms with Gasteiger partial charge in [-0.25, -0.2) is 0 Å². The standard InChI is InChI=1S/C15H14O3S/c1-15(2)7-10-4-3-5-13(14(10)18-15)17-11-6-12(8-16)19-9-11/h3-6,8-9H,7H2,1-2H3. The monoisotopic (exact) mass is 274 g/mol. The van der Waals surface area contributed by atoms with Crippen molar-refractivity contribution in [1.82, 2.24) is 0 Å². The van der Waals surface area contributed by atoms with Gasteiger partial charge < -0.3 is 9.47 Å². The highest BCUT2D eigenvalue weighted by Crippen LogP contribution is 2.43. The lowest BCUT2D eigenvalue weighted by molar-refractivity contribution is 0.112. The van der Waals surface area contributed by atoms with Crippen LogP contribution in [0.3, 0.4) is 0 Å². The van der Waals surface area contributed by atoms with Gasteiger partial charge in [0, 0.05) is 23.4 Å². The van der Waals surface area contributed by atoms with Crippen molar-refractivity contribution < 1.29 is 14.3 Å². The molecule has 0 aliphatic carbocycles. The molecule has 0 spiro atoms. The largest absolute Gasteiger partial charge is 0.483 e. The zero-order chi connectivity index (χ0) is 13.5. The Morgan fingerprint density at radius 1 is 1.42 bits per heavy atom. The highest BCUT2D eigenvalue weighted by atomic mass is 32.1. The number of ether oxygens (including phenoxy) is 2. The van der Waals surface area contributed by atoms with E-state index in [9.17, 15) is 4.79 Å². The molecule has 0 bridgehead atoms. The molecule has 1 aromatic heterocycles. The van der Waals surface area contributed by atoms with Gasteiger partial charge in [0.05, 0.1) is 4.88 Å². The van der Waals surface area contributed by atoms with E-state index in [1.54, 1.807) is 6.07 Å². The molecule has 3 nitrogen and oxygen atoms in total. The summed E-state index contributed by atoms with van der Waals surface area (Å²) in [4.78, 5) is 11.3. The Morgan fingerprint density at radius 2 is 2.26 bits per heavy atom. The summed E-state index contributed by atoms with van der Waals surface area (Å²) < 4.78 is 11.8.